The average Bonchev–Trinajstić information content (AvgIpc) is 3.40. The summed E-state index contributed by atoms with van der Waals surface area (Å²) in [4.78, 5) is 25.4. The molecular formula is C22H26N2O4S. The standard InChI is InChI=1S/C22H26N2O4S/c1-15(25)23-13-17-5-7-20(29-17)21(26)24-14-22(8-2-3-9-22)16-4-6-18-19(12-16)28-11-10-27-18/h4-7,12H,2-3,8-11,13-14H2,1H3,(H,23,25)(H,24,26). The molecule has 2 N–H and O–H groups in total. The number of carbonyl (C=O) groups is 2. The second-order valence-electron chi connectivity index (χ2n) is 7.70. The van der Waals surface area contributed by atoms with Crippen molar-refractivity contribution in [2.45, 2.75) is 44.6 Å². The molecule has 0 radical (unpaired) electrons. The average molecular weight is 415 g/mol. The molecule has 0 unspecified atom stereocenters. The molecule has 1 aliphatic heterocycles. The van der Waals surface area contributed by atoms with Crippen molar-refractivity contribution in [2.24, 2.45) is 0 Å². The van der Waals surface area contributed by atoms with Crippen molar-refractivity contribution in [3.8, 4) is 11.5 Å². The van der Waals surface area contributed by atoms with Crippen molar-refractivity contribution >= 4 is 23.2 Å². The van der Waals surface area contributed by atoms with Crippen LogP contribution in [0.4, 0.5) is 0 Å². The van der Waals surface area contributed by atoms with Crippen LogP contribution in [-0.2, 0) is 16.8 Å². The third kappa shape index (κ3) is 4.40. The van der Waals surface area contributed by atoms with Crippen LogP contribution in [-0.4, -0.2) is 31.6 Å². The van der Waals surface area contributed by atoms with Crippen molar-refractivity contribution in [3.63, 3.8) is 0 Å². The first kappa shape index (κ1) is 19.8. The number of benzene rings is 1. The van der Waals surface area contributed by atoms with Crippen LogP contribution in [0.2, 0.25) is 0 Å². The fraction of sp³-hybridized carbons (Fsp3) is 0.455. The molecule has 4 rings (SSSR count). The first-order valence-corrected chi connectivity index (χ1v) is 10.9. The molecule has 1 fully saturated rings. The minimum absolute atomic E-state index is 0.0621. The van der Waals surface area contributed by atoms with Gasteiger partial charge in [0.05, 0.1) is 11.4 Å². The summed E-state index contributed by atoms with van der Waals surface area (Å²) in [6.45, 7) is 3.69. The molecule has 6 nitrogen and oxygen atoms in total. The zero-order valence-electron chi connectivity index (χ0n) is 16.6. The predicted octanol–water partition coefficient (Wildman–Crippen LogP) is 3.40. The van der Waals surface area contributed by atoms with Gasteiger partial charge in [0, 0.05) is 23.8 Å². The number of fused-ring (bicyclic) bond motifs is 1. The third-order valence-corrected chi connectivity index (χ3v) is 6.78. The number of ether oxygens (including phenoxy) is 2. The number of hydrogen-bond acceptors (Lipinski definition) is 5. The number of hydrogen-bond donors (Lipinski definition) is 2. The monoisotopic (exact) mass is 414 g/mol. The molecule has 0 atom stereocenters. The molecule has 1 aromatic heterocycles. The number of rotatable bonds is 6. The van der Waals surface area contributed by atoms with Crippen LogP contribution < -0.4 is 20.1 Å². The molecule has 2 heterocycles. The quantitative estimate of drug-likeness (QED) is 0.760. The first-order valence-electron chi connectivity index (χ1n) is 10.1. The molecule has 2 aromatic rings. The lowest BCUT2D eigenvalue weighted by Gasteiger charge is -2.31. The van der Waals surface area contributed by atoms with E-state index in [4.69, 9.17) is 9.47 Å². The van der Waals surface area contributed by atoms with E-state index in [1.165, 1.54) is 23.8 Å². The predicted molar refractivity (Wildman–Crippen MR) is 112 cm³/mol. The van der Waals surface area contributed by atoms with Crippen LogP contribution in [0.3, 0.4) is 0 Å². The summed E-state index contributed by atoms with van der Waals surface area (Å²) in [5, 5.41) is 5.91. The SMILES string of the molecule is CC(=O)NCc1ccc(C(=O)NCC2(c3ccc4c(c3)OCCO4)CCCC2)s1. The van der Waals surface area contributed by atoms with Crippen LogP contribution in [0.5, 0.6) is 11.5 Å². The van der Waals surface area contributed by atoms with Gasteiger partial charge in [-0.3, -0.25) is 9.59 Å². The molecule has 0 spiro atoms. The number of amides is 2. The summed E-state index contributed by atoms with van der Waals surface area (Å²) >= 11 is 1.42. The second-order valence-corrected chi connectivity index (χ2v) is 8.87. The lowest BCUT2D eigenvalue weighted by molar-refractivity contribution is -0.119. The van der Waals surface area contributed by atoms with E-state index in [2.05, 4.69) is 22.8 Å². The zero-order valence-corrected chi connectivity index (χ0v) is 17.4. The van der Waals surface area contributed by atoms with E-state index < -0.39 is 0 Å². The number of carbonyl (C=O) groups excluding carboxylic acids is 2. The first-order chi connectivity index (χ1) is 14.1. The number of nitrogens with one attached hydrogen (secondary N) is 2. The van der Waals surface area contributed by atoms with E-state index >= 15 is 0 Å². The summed E-state index contributed by atoms with van der Waals surface area (Å²) in [5.41, 5.74) is 1.14. The summed E-state index contributed by atoms with van der Waals surface area (Å²) < 4.78 is 11.4. The van der Waals surface area contributed by atoms with Gasteiger partial charge in [0.25, 0.3) is 5.91 Å². The summed E-state index contributed by atoms with van der Waals surface area (Å²) in [5.74, 6) is 1.45. The Morgan fingerprint density at radius 3 is 2.55 bits per heavy atom. The highest BCUT2D eigenvalue weighted by atomic mass is 32.1. The summed E-state index contributed by atoms with van der Waals surface area (Å²) in [6, 6.07) is 9.90. The van der Waals surface area contributed by atoms with Crippen LogP contribution in [0, 0.1) is 0 Å². The normalized spacial score (nSPS) is 17.0. The molecule has 2 aliphatic rings. The van der Waals surface area contributed by atoms with Crippen molar-refractivity contribution in [3.05, 3.63) is 45.6 Å². The Kier molecular flexibility index (Phi) is 5.76. The number of thiophene rings is 1. The Balaban J connectivity index is 1.45. The molecule has 7 heteroatoms. The lowest BCUT2D eigenvalue weighted by atomic mass is 9.78. The van der Waals surface area contributed by atoms with E-state index in [9.17, 15) is 9.59 Å². The van der Waals surface area contributed by atoms with Gasteiger partial charge in [0.15, 0.2) is 11.5 Å². The Bertz CT molecular complexity index is 902. The molecule has 0 bridgehead atoms. The van der Waals surface area contributed by atoms with Crippen LogP contribution in [0.15, 0.2) is 30.3 Å². The van der Waals surface area contributed by atoms with Gasteiger partial charge in [-0.2, -0.15) is 0 Å². The maximum atomic E-state index is 12.7. The summed E-state index contributed by atoms with van der Waals surface area (Å²) in [6.07, 6.45) is 4.41. The topological polar surface area (TPSA) is 76.7 Å². The largest absolute Gasteiger partial charge is 0.486 e. The van der Waals surface area contributed by atoms with E-state index in [0.29, 0.717) is 31.2 Å². The zero-order chi connectivity index (χ0) is 20.3. The lowest BCUT2D eigenvalue weighted by Crippen LogP contribution is -2.38. The van der Waals surface area contributed by atoms with Gasteiger partial charge in [-0.25, -0.2) is 0 Å². The minimum Gasteiger partial charge on any atom is -0.486 e. The maximum Gasteiger partial charge on any atom is 0.261 e. The second kappa shape index (κ2) is 8.45. The van der Waals surface area contributed by atoms with E-state index in [0.717, 1.165) is 42.1 Å². The van der Waals surface area contributed by atoms with Crippen molar-refractivity contribution in [1.82, 2.24) is 10.6 Å². The maximum absolute atomic E-state index is 12.7. The Morgan fingerprint density at radius 1 is 1.03 bits per heavy atom. The molecule has 1 saturated carbocycles. The van der Waals surface area contributed by atoms with Crippen LogP contribution in [0.25, 0.3) is 0 Å². The highest BCUT2D eigenvalue weighted by Crippen LogP contribution is 2.43. The van der Waals surface area contributed by atoms with Gasteiger partial charge in [-0.05, 0) is 42.7 Å². The fourth-order valence-corrected chi connectivity index (χ4v) is 5.00. The smallest absolute Gasteiger partial charge is 0.261 e. The summed E-state index contributed by atoms with van der Waals surface area (Å²) in [7, 11) is 0. The Labute approximate surface area is 174 Å². The molecule has 2 amide bonds. The van der Waals surface area contributed by atoms with Gasteiger partial charge < -0.3 is 20.1 Å². The van der Waals surface area contributed by atoms with Crippen LogP contribution >= 0.6 is 11.3 Å². The van der Waals surface area contributed by atoms with Gasteiger partial charge >= 0.3 is 0 Å². The minimum atomic E-state index is -0.0768. The van der Waals surface area contributed by atoms with E-state index in [-0.39, 0.29) is 17.2 Å². The van der Waals surface area contributed by atoms with Crippen molar-refractivity contribution < 1.29 is 19.1 Å². The van der Waals surface area contributed by atoms with Crippen molar-refractivity contribution in [1.29, 1.82) is 0 Å². The van der Waals surface area contributed by atoms with E-state index in [1.54, 1.807) is 0 Å². The Morgan fingerprint density at radius 2 is 1.79 bits per heavy atom. The molecule has 29 heavy (non-hydrogen) atoms. The molecule has 1 aliphatic carbocycles. The van der Waals surface area contributed by atoms with Crippen LogP contribution in [0.1, 0.15) is 52.7 Å². The Hall–Kier alpha value is -2.54. The molecule has 154 valence electrons. The highest BCUT2D eigenvalue weighted by Gasteiger charge is 2.37. The van der Waals surface area contributed by atoms with Gasteiger partial charge in [-0.15, -0.1) is 11.3 Å². The van der Waals surface area contributed by atoms with Gasteiger partial charge in [-0.1, -0.05) is 18.9 Å². The molecular weight excluding hydrogens is 388 g/mol. The highest BCUT2D eigenvalue weighted by molar-refractivity contribution is 7.14. The van der Waals surface area contributed by atoms with Gasteiger partial charge in [0.2, 0.25) is 5.91 Å². The molecule has 1 aromatic carbocycles. The third-order valence-electron chi connectivity index (χ3n) is 5.70. The molecule has 0 saturated heterocycles. The fourth-order valence-electron chi connectivity index (χ4n) is 4.14. The van der Waals surface area contributed by atoms with E-state index in [1.807, 2.05) is 18.2 Å². The van der Waals surface area contributed by atoms with Crippen molar-refractivity contribution in [2.75, 3.05) is 19.8 Å². The van der Waals surface area contributed by atoms with Gasteiger partial charge in [0.1, 0.15) is 13.2 Å².